The molecule has 0 aliphatic rings. The average Bonchev–Trinajstić information content (AvgIpc) is 2.54. The molecule has 0 saturated heterocycles. The van der Waals surface area contributed by atoms with Crippen molar-refractivity contribution in [2.75, 3.05) is 5.01 Å². The molecule has 0 atom stereocenters. The molecule has 0 unspecified atom stereocenters. The molecule has 0 heterocycles. The van der Waals surface area contributed by atoms with Gasteiger partial charge in [-0.05, 0) is 55.3 Å². The number of rotatable bonds is 3. The van der Waals surface area contributed by atoms with Gasteiger partial charge in [-0.1, -0.05) is 12.1 Å². The van der Waals surface area contributed by atoms with E-state index in [2.05, 4.69) is 5.43 Å². The van der Waals surface area contributed by atoms with Crippen LogP contribution in [0.5, 0.6) is 0 Å². The fraction of sp³-hybridized carbons (Fsp3) is 0.167. The van der Waals surface area contributed by atoms with Crippen LogP contribution in [-0.4, -0.2) is 22.9 Å². The van der Waals surface area contributed by atoms with Gasteiger partial charge in [0.15, 0.2) is 0 Å². The van der Waals surface area contributed by atoms with Crippen molar-refractivity contribution in [2.24, 2.45) is 0 Å². The first-order chi connectivity index (χ1) is 11.3. The average molecular weight is 326 g/mol. The summed E-state index contributed by atoms with van der Waals surface area (Å²) in [5.41, 5.74) is 5.21. The molecule has 0 aromatic heterocycles. The highest BCUT2D eigenvalue weighted by Crippen LogP contribution is 2.20. The number of nitrogens with zero attached hydrogens (tertiary/aromatic N) is 1. The Balaban J connectivity index is 2.44. The number of hydrogen-bond acceptors (Lipinski definition) is 3. The van der Waals surface area contributed by atoms with Gasteiger partial charge < -0.3 is 5.11 Å². The molecule has 0 bridgehead atoms. The fourth-order valence-electron chi connectivity index (χ4n) is 2.25. The normalized spacial score (nSPS) is 10.1. The summed E-state index contributed by atoms with van der Waals surface area (Å²) in [4.78, 5) is 35.3. The van der Waals surface area contributed by atoms with Gasteiger partial charge in [0.05, 0.1) is 11.3 Å². The summed E-state index contributed by atoms with van der Waals surface area (Å²) in [5.74, 6) is -1.86. The Morgan fingerprint density at radius 3 is 2.17 bits per heavy atom. The molecule has 0 radical (unpaired) electrons. The molecule has 2 N–H and O–H groups in total. The number of carboxylic acid groups (broad SMARTS) is 1. The molecular weight excluding hydrogens is 308 g/mol. The van der Waals surface area contributed by atoms with Crippen molar-refractivity contribution < 1.29 is 19.5 Å². The van der Waals surface area contributed by atoms with E-state index < -0.39 is 17.8 Å². The molecule has 0 saturated carbocycles. The Morgan fingerprint density at radius 2 is 1.62 bits per heavy atom. The van der Waals surface area contributed by atoms with E-state index in [0.29, 0.717) is 11.3 Å². The van der Waals surface area contributed by atoms with Crippen molar-refractivity contribution in [3.63, 3.8) is 0 Å². The van der Waals surface area contributed by atoms with Crippen LogP contribution in [0.3, 0.4) is 0 Å². The number of hydrogen-bond donors (Lipinski definition) is 2. The predicted molar refractivity (Wildman–Crippen MR) is 89.9 cm³/mol. The summed E-state index contributed by atoms with van der Waals surface area (Å²) in [7, 11) is 0. The van der Waals surface area contributed by atoms with Crippen molar-refractivity contribution in [1.82, 2.24) is 5.43 Å². The number of anilines is 1. The standard InChI is InChI=1S/C18H18N2O4/c1-11-5-4-6-16(12(11)2)17(22)20(19-13(3)21)15-9-7-14(8-10-15)18(23)24/h4-10H,1-3H3,(H,19,21)(H,23,24). The van der Waals surface area contributed by atoms with Crippen LogP contribution in [-0.2, 0) is 4.79 Å². The fourth-order valence-corrected chi connectivity index (χ4v) is 2.25. The van der Waals surface area contributed by atoms with Gasteiger partial charge in [-0.3, -0.25) is 15.0 Å². The zero-order valence-electron chi connectivity index (χ0n) is 13.7. The third kappa shape index (κ3) is 3.60. The molecule has 0 aliphatic heterocycles. The maximum Gasteiger partial charge on any atom is 0.335 e. The monoisotopic (exact) mass is 326 g/mol. The smallest absolute Gasteiger partial charge is 0.335 e. The lowest BCUT2D eigenvalue weighted by atomic mass is 10.0. The van der Waals surface area contributed by atoms with Gasteiger partial charge in [-0.15, -0.1) is 0 Å². The number of hydrazine groups is 1. The zero-order chi connectivity index (χ0) is 17.9. The molecule has 2 rings (SSSR count). The number of carbonyl (C=O) groups excluding carboxylic acids is 2. The maximum absolute atomic E-state index is 12.9. The number of aryl methyl sites for hydroxylation is 1. The third-order valence-corrected chi connectivity index (χ3v) is 3.68. The van der Waals surface area contributed by atoms with E-state index >= 15 is 0 Å². The van der Waals surface area contributed by atoms with E-state index in [1.165, 1.54) is 31.2 Å². The largest absolute Gasteiger partial charge is 0.478 e. The van der Waals surface area contributed by atoms with Crippen LogP contribution in [0.15, 0.2) is 42.5 Å². The number of amides is 2. The summed E-state index contributed by atoms with van der Waals surface area (Å²) in [5, 5.41) is 10.1. The van der Waals surface area contributed by atoms with Crippen molar-refractivity contribution in [1.29, 1.82) is 0 Å². The molecule has 2 amide bonds. The summed E-state index contributed by atoms with van der Waals surface area (Å²) >= 11 is 0. The van der Waals surface area contributed by atoms with Crippen LogP contribution in [0.1, 0.15) is 38.8 Å². The molecule has 0 aliphatic carbocycles. The van der Waals surface area contributed by atoms with Gasteiger partial charge in [0.25, 0.3) is 5.91 Å². The lowest BCUT2D eigenvalue weighted by molar-refractivity contribution is -0.119. The summed E-state index contributed by atoms with van der Waals surface area (Å²) in [6, 6.07) is 11.1. The molecule has 124 valence electrons. The lowest BCUT2D eigenvalue weighted by Crippen LogP contribution is -2.45. The minimum absolute atomic E-state index is 0.0979. The van der Waals surface area contributed by atoms with Crippen molar-refractivity contribution in [3.05, 3.63) is 64.7 Å². The minimum Gasteiger partial charge on any atom is -0.478 e. The van der Waals surface area contributed by atoms with Crippen LogP contribution in [0, 0.1) is 13.8 Å². The van der Waals surface area contributed by atoms with Gasteiger partial charge in [-0.2, -0.15) is 0 Å². The van der Waals surface area contributed by atoms with Gasteiger partial charge in [0.1, 0.15) is 0 Å². The van der Waals surface area contributed by atoms with Gasteiger partial charge in [0, 0.05) is 12.5 Å². The first-order valence-electron chi connectivity index (χ1n) is 7.32. The molecule has 24 heavy (non-hydrogen) atoms. The van der Waals surface area contributed by atoms with Crippen LogP contribution in [0.25, 0.3) is 0 Å². The maximum atomic E-state index is 12.9. The van der Waals surface area contributed by atoms with Crippen molar-refractivity contribution >= 4 is 23.5 Å². The van der Waals surface area contributed by atoms with Gasteiger partial charge in [0.2, 0.25) is 5.91 Å². The first-order valence-corrected chi connectivity index (χ1v) is 7.32. The highest BCUT2D eigenvalue weighted by atomic mass is 16.4. The predicted octanol–water partition coefficient (Wildman–Crippen LogP) is 2.70. The Labute approximate surface area is 139 Å². The molecule has 0 spiro atoms. The van der Waals surface area contributed by atoms with Crippen LogP contribution in [0.2, 0.25) is 0 Å². The van der Waals surface area contributed by atoms with Gasteiger partial charge >= 0.3 is 5.97 Å². The molecule has 6 heteroatoms. The van der Waals surface area contributed by atoms with E-state index in [1.54, 1.807) is 12.1 Å². The highest BCUT2D eigenvalue weighted by molar-refractivity contribution is 6.08. The Bertz CT molecular complexity index is 797. The van der Waals surface area contributed by atoms with E-state index in [4.69, 9.17) is 5.11 Å². The highest BCUT2D eigenvalue weighted by Gasteiger charge is 2.21. The Hall–Kier alpha value is -3.15. The van der Waals surface area contributed by atoms with E-state index in [9.17, 15) is 14.4 Å². The summed E-state index contributed by atoms with van der Waals surface area (Å²) in [6.07, 6.45) is 0. The lowest BCUT2D eigenvalue weighted by Gasteiger charge is -2.24. The van der Waals surface area contributed by atoms with Crippen molar-refractivity contribution in [2.45, 2.75) is 20.8 Å². The minimum atomic E-state index is -1.06. The van der Waals surface area contributed by atoms with Gasteiger partial charge in [-0.25, -0.2) is 9.80 Å². The van der Waals surface area contributed by atoms with Crippen LogP contribution >= 0.6 is 0 Å². The molecular formula is C18H18N2O4. The second kappa shape index (κ2) is 6.95. The number of carbonyl (C=O) groups is 3. The molecule has 2 aromatic rings. The molecule has 2 aromatic carbocycles. The summed E-state index contributed by atoms with van der Waals surface area (Å²) < 4.78 is 0. The van der Waals surface area contributed by atoms with E-state index in [0.717, 1.165) is 16.1 Å². The second-order valence-corrected chi connectivity index (χ2v) is 5.41. The van der Waals surface area contributed by atoms with Crippen LogP contribution < -0.4 is 10.4 Å². The molecule has 6 nitrogen and oxygen atoms in total. The van der Waals surface area contributed by atoms with Crippen molar-refractivity contribution in [3.8, 4) is 0 Å². The Morgan fingerprint density at radius 1 is 1.00 bits per heavy atom. The number of carboxylic acids is 1. The topological polar surface area (TPSA) is 86.7 Å². The first kappa shape index (κ1) is 17.2. The number of nitrogens with one attached hydrogen (secondary N) is 1. The quantitative estimate of drug-likeness (QED) is 0.849. The van der Waals surface area contributed by atoms with E-state index in [-0.39, 0.29) is 5.56 Å². The Kier molecular flexibility index (Phi) is 4.99. The zero-order valence-corrected chi connectivity index (χ0v) is 13.7. The van der Waals surface area contributed by atoms with E-state index in [1.807, 2.05) is 19.9 Å². The number of aromatic carboxylic acids is 1. The number of benzene rings is 2. The second-order valence-electron chi connectivity index (χ2n) is 5.41. The SMILES string of the molecule is CC(=O)NN(C(=O)c1cccc(C)c1C)c1ccc(C(=O)O)cc1. The molecule has 0 fully saturated rings. The summed E-state index contributed by atoms with van der Waals surface area (Å²) in [6.45, 7) is 5.04. The third-order valence-electron chi connectivity index (χ3n) is 3.68. The van der Waals surface area contributed by atoms with Crippen LogP contribution in [0.4, 0.5) is 5.69 Å².